The molecule has 0 saturated carbocycles. The van der Waals surface area contributed by atoms with Gasteiger partial charge in [-0.1, -0.05) is 0 Å². The lowest BCUT2D eigenvalue weighted by Gasteiger charge is -1.96. The molecule has 3 nitrogen and oxygen atoms in total. The first-order valence-corrected chi connectivity index (χ1v) is 3.48. The van der Waals surface area contributed by atoms with Crippen molar-refractivity contribution >= 4 is 11.0 Å². The number of phenolic OH excluding ortho intramolecular Hbond substituents is 1. The number of fused-ring (bicyclic) bond motifs is 1. The van der Waals surface area contributed by atoms with Crippen LogP contribution in [0.15, 0.2) is 18.5 Å². The van der Waals surface area contributed by atoms with Crippen molar-refractivity contribution in [1.29, 1.82) is 0 Å². The number of halogens is 1. The van der Waals surface area contributed by atoms with Gasteiger partial charge in [0.2, 0.25) is 0 Å². The van der Waals surface area contributed by atoms with E-state index in [2.05, 4.69) is 4.98 Å². The van der Waals surface area contributed by atoms with E-state index in [0.29, 0.717) is 11.0 Å². The van der Waals surface area contributed by atoms with Crippen LogP contribution in [0.25, 0.3) is 11.0 Å². The van der Waals surface area contributed by atoms with Gasteiger partial charge in [0.15, 0.2) is 11.6 Å². The fourth-order valence-electron chi connectivity index (χ4n) is 1.14. The van der Waals surface area contributed by atoms with Gasteiger partial charge in [-0.05, 0) is 0 Å². The van der Waals surface area contributed by atoms with Gasteiger partial charge < -0.3 is 9.67 Å². The van der Waals surface area contributed by atoms with Gasteiger partial charge in [0, 0.05) is 19.2 Å². The zero-order chi connectivity index (χ0) is 8.72. The maximum absolute atomic E-state index is 12.8. The van der Waals surface area contributed by atoms with Gasteiger partial charge in [-0.25, -0.2) is 9.37 Å². The summed E-state index contributed by atoms with van der Waals surface area (Å²) < 4.78 is 14.5. The highest BCUT2D eigenvalue weighted by Gasteiger charge is 2.05. The summed E-state index contributed by atoms with van der Waals surface area (Å²) in [5.74, 6) is -0.979. The van der Waals surface area contributed by atoms with E-state index in [1.165, 1.54) is 12.1 Å². The zero-order valence-corrected chi connectivity index (χ0v) is 6.45. The van der Waals surface area contributed by atoms with E-state index in [4.69, 9.17) is 5.11 Å². The molecule has 1 aromatic carbocycles. The first kappa shape index (κ1) is 7.09. The van der Waals surface area contributed by atoms with Gasteiger partial charge in [-0.3, -0.25) is 0 Å². The van der Waals surface area contributed by atoms with Gasteiger partial charge in [0.05, 0.1) is 17.4 Å². The summed E-state index contributed by atoms with van der Waals surface area (Å²) in [5, 5.41) is 9.00. The fourth-order valence-corrected chi connectivity index (χ4v) is 1.14. The average molecular weight is 166 g/mol. The Balaban J connectivity index is 2.87. The average Bonchev–Trinajstić information content (AvgIpc) is 2.35. The Morgan fingerprint density at radius 3 is 3.00 bits per heavy atom. The number of hydrogen-bond acceptors (Lipinski definition) is 2. The molecule has 1 N–H and O–H groups in total. The van der Waals surface area contributed by atoms with Gasteiger partial charge in [-0.15, -0.1) is 0 Å². The number of benzene rings is 1. The van der Waals surface area contributed by atoms with E-state index in [-0.39, 0.29) is 5.75 Å². The van der Waals surface area contributed by atoms with Crippen LogP contribution in [0.4, 0.5) is 4.39 Å². The van der Waals surface area contributed by atoms with Crippen molar-refractivity contribution in [3.8, 4) is 5.75 Å². The van der Waals surface area contributed by atoms with E-state index < -0.39 is 5.82 Å². The summed E-state index contributed by atoms with van der Waals surface area (Å²) in [6, 6.07) is 2.57. The Hall–Kier alpha value is -1.58. The molecule has 0 atom stereocenters. The minimum atomic E-state index is -0.619. The normalized spacial score (nSPS) is 10.8. The smallest absolute Gasteiger partial charge is 0.167 e. The van der Waals surface area contributed by atoms with E-state index in [0.717, 1.165) is 0 Å². The Morgan fingerprint density at radius 1 is 1.50 bits per heavy atom. The molecule has 1 heterocycles. The predicted octanol–water partition coefficient (Wildman–Crippen LogP) is 1.42. The summed E-state index contributed by atoms with van der Waals surface area (Å²) in [4.78, 5) is 3.96. The van der Waals surface area contributed by atoms with E-state index in [1.807, 2.05) is 0 Å². The first-order chi connectivity index (χ1) is 5.68. The topological polar surface area (TPSA) is 38.0 Å². The van der Waals surface area contributed by atoms with Crippen molar-refractivity contribution in [3.05, 3.63) is 24.3 Å². The third kappa shape index (κ3) is 0.845. The number of nitrogens with zero attached hydrogens (tertiary/aromatic N) is 2. The molecule has 0 aliphatic heterocycles. The van der Waals surface area contributed by atoms with Crippen LogP contribution in [0.3, 0.4) is 0 Å². The molecule has 0 aliphatic carbocycles. The minimum Gasteiger partial charge on any atom is -0.505 e. The molecule has 0 radical (unpaired) electrons. The maximum Gasteiger partial charge on any atom is 0.167 e. The second-order valence-corrected chi connectivity index (χ2v) is 2.65. The van der Waals surface area contributed by atoms with Crippen molar-refractivity contribution in [1.82, 2.24) is 9.55 Å². The molecule has 1 aromatic heterocycles. The van der Waals surface area contributed by atoms with Crippen LogP contribution in [0.5, 0.6) is 5.75 Å². The van der Waals surface area contributed by atoms with Crippen molar-refractivity contribution in [2.24, 2.45) is 7.05 Å². The van der Waals surface area contributed by atoms with Crippen molar-refractivity contribution in [2.45, 2.75) is 0 Å². The molecule has 2 rings (SSSR count). The Labute approximate surface area is 68.1 Å². The summed E-state index contributed by atoms with van der Waals surface area (Å²) in [7, 11) is 1.77. The quantitative estimate of drug-likeness (QED) is 0.642. The van der Waals surface area contributed by atoms with Crippen LogP contribution < -0.4 is 0 Å². The third-order valence-electron chi connectivity index (χ3n) is 1.79. The SMILES string of the molecule is Cn1cnc2cc(O)c(F)cc21. The van der Waals surface area contributed by atoms with Gasteiger partial charge in [0.1, 0.15) is 0 Å². The Morgan fingerprint density at radius 2 is 2.25 bits per heavy atom. The van der Waals surface area contributed by atoms with Crippen LogP contribution in [-0.4, -0.2) is 14.7 Å². The lowest BCUT2D eigenvalue weighted by Crippen LogP contribution is -1.84. The van der Waals surface area contributed by atoms with Gasteiger partial charge in [0.25, 0.3) is 0 Å². The molecular formula is C8H7FN2O. The highest BCUT2D eigenvalue weighted by atomic mass is 19.1. The van der Waals surface area contributed by atoms with E-state index >= 15 is 0 Å². The standard InChI is InChI=1S/C8H7FN2O/c1-11-4-10-6-3-8(12)5(9)2-7(6)11/h2-4,12H,1H3. The summed E-state index contributed by atoms with van der Waals surface area (Å²) in [5.41, 5.74) is 1.27. The highest BCUT2D eigenvalue weighted by Crippen LogP contribution is 2.21. The molecule has 0 unspecified atom stereocenters. The van der Waals surface area contributed by atoms with E-state index in [9.17, 15) is 4.39 Å². The second-order valence-electron chi connectivity index (χ2n) is 2.65. The van der Waals surface area contributed by atoms with Crippen LogP contribution in [-0.2, 0) is 7.05 Å². The second kappa shape index (κ2) is 2.20. The monoisotopic (exact) mass is 166 g/mol. The molecule has 0 fully saturated rings. The summed E-state index contributed by atoms with van der Waals surface area (Å²) in [6.07, 6.45) is 1.57. The van der Waals surface area contributed by atoms with Crippen molar-refractivity contribution in [3.63, 3.8) is 0 Å². The Bertz CT molecular complexity index is 436. The number of aryl methyl sites for hydroxylation is 1. The molecule has 4 heteroatoms. The lowest BCUT2D eigenvalue weighted by atomic mass is 10.3. The van der Waals surface area contributed by atoms with Gasteiger partial charge in [-0.2, -0.15) is 0 Å². The first-order valence-electron chi connectivity index (χ1n) is 3.48. The third-order valence-corrected chi connectivity index (χ3v) is 1.79. The Kier molecular flexibility index (Phi) is 1.30. The van der Waals surface area contributed by atoms with Crippen LogP contribution in [0.1, 0.15) is 0 Å². The molecule has 62 valence electrons. The maximum atomic E-state index is 12.8. The number of phenols is 1. The number of aromatic nitrogens is 2. The number of aromatic hydroxyl groups is 1. The largest absolute Gasteiger partial charge is 0.505 e. The highest BCUT2D eigenvalue weighted by molar-refractivity contribution is 5.76. The van der Waals surface area contributed by atoms with Crippen LogP contribution in [0.2, 0.25) is 0 Å². The number of imidazole rings is 1. The summed E-state index contributed by atoms with van der Waals surface area (Å²) >= 11 is 0. The molecule has 0 amide bonds. The lowest BCUT2D eigenvalue weighted by molar-refractivity contribution is 0.433. The van der Waals surface area contributed by atoms with Gasteiger partial charge >= 0.3 is 0 Å². The summed E-state index contributed by atoms with van der Waals surface area (Å²) in [6.45, 7) is 0. The molecule has 0 saturated heterocycles. The zero-order valence-electron chi connectivity index (χ0n) is 6.45. The molecular weight excluding hydrogens is 159 g/mol. The van der Waals surface area contributed by atoms with Crippen molar-refractivity contribution < 1.29 is 9.50 Å². The molecule has 0 spiro atoms. The minimum absolute atomic E-state index is 0.360. The fraction of sp³-hybridized carbons (Fsp3) is 0.125. The molecule has 2 aromatic rings. The number of hydrogen-bond donors (Lipinski definition) is 1. The predicted molar refractivity (Wildman–Crippen MR) is 42.3 cm³/mol. The van der Waals surface area contributed by atoms with E-state index in [1.54, 1.807) is 17.9 Å². The molecule has 0 aliphatic rings. The molecule has 0 bridgehead atoms. The van der Waals surface area contributed by atoms with Crippen LogP contribution in [0, 0.1) is 5.82 Å². The van der Waals surface area contributed by atoms with Crippen molar-refractivity contribution in [2.75, 3.05) is 0 Å². The number of rotatable bonds is 0. The molecule has 12 heavy (non-hydrogen) atoms. The van der Waals surface area contributed by atoms with Crippen LogP contribution >= 0.6 is 0 Å².